The number of hydrogen-bond acceptors (Lipinski definition) is 9. The molecule has 6 atom stereocenters. The van der Waals surface area contributed by atoms with E-state index in [1.54, 1.807) is 38.1 Å². The van der Waals surface area contributed by atoms with Gasteiger partial charge in [0, 0.05) is 6.42 Å². The smallest absolute Gasteiger partial charge is 0.408 e. The SMILES string of the molecule is CC(C)[C@H](NC(=O)CC[C@H](O)[C@H](Cc1ccc(OCc2ccccc2)cc1)NC(=O)[C@H](C)NC(=O)[C@H](C)NC(=O)OCc1ccccc1)C(=O)N[C@H](CO)C(C)C. The molecule has 14 nitrogen and oxygen atoms in total. The molecule has 0 spiro atoms. The van der Waals surface area contributed by atoms with Crippen LogP contribution < -0.4 is 31.3 Å². The molecule has 0 heterocycles. The fourth-order valence-electron chi connectivity index (χ4n) is 5.67. The van der Waals surface area contributed by atoms with Crippen LogP contribution in [0.5, 0.6) is 5.75 Å². The fraction of sp³-hybridized carbons (Fsp3) is 0.465. The summed E-state index contributed by atoms with van der Waals surface area (Å²) in [6.45, 7) is 10.4. The van der Waals surface area contributed by atoms with Crippen LogP contribution in [-0.4, -0.2) is 82.9 Å². The lowest BCUT2D eigenvalue weighted by Gasteiger charge is -2.28. The molecule has 310 valence electrons. The number of aliphatic hydroxyl groups is 2. The molecular formula is C43H59N5O9. The van der Waals surface area contributed by atoms with Gasteiger partial charge in [-0.2, -0.15) is 0 Å². The van der Waals surface area contributed by atoms with Crippen molar-refractivity contribution in [3.8, 4) is 5.75 Å². The Morgan fingerprint density at radius 2 is 1.14 bits per heavy atom. The van der Waals surface area contributed by atoms with Gasteiger partial charge >= 0.3 is 6.09 Å². The number of amides is 5. The van der Waals surface area contributed by atoms with Crippen molar-refractivity contribution in [3.63, 3.8) is 0 Å². The van der Waals surface area contributed by atoms with E-state index >= 15 is 0 Å². The summed E-state index contributed by atoms with van der Waals surface area (Å²) in [4.78, 5) is 64.8. The molecule has 5 amide bonds. The van der Waals surface area contributed by atoms with E-state index in [1.165, 1.54) is 13.8 Å². The molecule has 0 saturated heterocycles. The number of nitrogens with one attached hydrogen (secondary N) is 5. The van der Waals surface area contributed by atoms with Crippen molar-refractivity contribution in [1.29, 1.82) is 0 Å². The van der Waals surface area contributed by atoms with Gasteiger partial charge < -0.3 is 46.3 Å². The lowest BCUT2D eigenvalue weighted by molar-refractivity contribution is -0.131. The molecule has 0 fully saturated rings. The third kappa shape index (κ3) is 16.3. The van der Waals surface area contributed by atoms with Gasteiger partial charge in [-0.15, -0.1) is 0 Å². The van der Waals surface area contributed by atoms with Crippen molar-refractivity contribution in [3.05, 3.63) is 102 Å². The minimum atomic E-state index is -1.21. The molecule has 3 aromatic carbocycles. The van der Waals surface area contributed by atoms with Crippen LogP contribution in [0.4, 0.5) is 4.79 Å². The number of carbonyl (C=O) groups is 5. The van der Waals surface area contributed by atoms with E-state index in [0.717, 1.165) is 16.7 Å². The third-order valence-electron chi connectivity index (χ3n) is 9.37. The predicted octanol–water partition coefficient (Wildman–Crippen LogP) is 3.53. The summed E-state index contributed by atoms with van der Waals surface area (Å²) in [6, 6.07) is 21.7. The average Bonchev–Trinajstić information content (AvgIpc) is 3.19. The lowest BCUT2D eigenvalue weighted by atomic mass is 9.97. The first-order chi connectivity index (χ1) is 27.2. The Labute approximate surface area is 335 Å². The lowest BCUT2D eigenvalue weighted by Crippen LogP contribution is -2.55. The van der Waals surface area contributed by atoms with Crippen LogP contribution in [0.3, 0.4) is 0 Å². The van der Waals surface area contributed by atoms with Crippen molar-refractivity contribution in [2.45, 2.75) is 110 Å². The van der Waals surface area contributed by atoms with Gasteiger partial charge in [0.15, 0.2) is 0 Å². The Balaban J connectivity index is 1.64. The zero-order valence-electron chi connectivity index (χ0n) is 33.7. The van der Waals surface area contributed by atoms with E-state index in [-0.39, 0.29) is 44.3 Å². The zero-order chi connectivity index (χ0) is 41.9. The Hall–Kier alpha value is -5.47. The van der Waals surface area contributed by atoms with E-state index < -0.39 is 66.0 Å². The summed E-state index contributed by atoms with van der Waals surface area (Å²) in [5, 5.41) is 34.5. The van der Waals surface area contributed by atoms with Gasteiger partial charge in [0.2, 0.25) is 23.6 Å². The van der Waals surface area contributed by atoms with Crippen molar-refractivity contribution in [1.82, 2.24) is 26.6 Å². The summed E-state index contributed by atoms with van der Waals surface area (Å²) in [6.07, 6.45) is -2.04. The molecular weight excluding hydrogens is 730 g/mol. The first-order valence-electron chi connectivity index (χ1n) is 19.4. The van der Waals surface area contributed by atoms with Gasteiger partial charge in [-0.05, 0) is 67.3 Å². The van der Waals surface area contributed by atoms with Crippen LogP contribution in [0.2, 0.25) is 0 Å². The highest BCUT2D eigenvalue weighted by Crippen LogP contribution is 2.18. The van der Waals surface area contributed by atoms with Gasteiger partial charge in [0.1, 0.15) is 37.1 Å². The van der Waals surface area contributed by atoms with Gasteiger partial charge in [-0.3, -0.25) is 19.2 Å². The van der Waals surface area contributed by atoms with Crippen molar-refractivity contribution < 1.29 is 43.7 Å². The van der Waals surface area contributed by atoms with Crippen LogP contribution in [0.25, 0.3) is 0 Å². The van der Waals surface area contributed by atoms with Crippen molar-refractivity contribution in [2.24, 2.45) is 11.8 Å². The maximum absolute atomic E-state index is 13.4. The number of alkyl carbamates (subject to hydrolysis) is 1. The summed E-state index contributed by atoms with van der Waals surface area (Å²) in [5.74, 6) is -1.76. The number of rotatable bonds is 22. The average molecular weight is 790 g/mol. The van der Waals surface area contributed by atoms with Crippen molar-refractivity contribution >= 4 is 29.7 Å². The molecule has 3 aromatic rings. The molecule has 0 aromatic heterocycles. The first-order valence-corrected chi connectivity index (χ1v) is 19.4. The maximum Gasteiger partial charge on any atom is 0.408 e. The minimum Gasteiger partial charge on any atom is -0.489 e. The van der Waals surface area contributed by atoms with Gasteiger partial charge in [0.05, 0.1) is 24.8 Å². The highest BCUT2D eigenvalue weighted by atomic mass is 16.5. The predicted molar refractivity (Wildman–Crippen MR) is 216 cm³/mol. The Morgan fingerprint density at radius 3 is 1.70 bits per heavy atom. The molecule has 0 aliphatic carbocycles. The highest BCUT2D eigenvalue weighted by Gasteiger charge is 2.30. The summed E-state index contributed by atoms with van der Waals surface area (Å²) < 4.78 is 11.1. The summed E-state index contributed by atoms with van der Waals surface area (Å²) >= 11 is 0. The number of ether oxygens (including phenoxy) is 2. The van der Waals surface area contributed by atoms with Gasteiger partial charge in [-0.1, -0.05) is 100 Å². The largest absolute Gasteiger partial charge is 0.489 e. The van der Waals surface area contributed by atoms with Crippen LogP contribution in [-0.2, 0) is 43.5 Å². The second-order valence-corrected chi connectivity index (χ2v) is 14.8. The molecule has 0 saturated carbocycles. The molecule has 7 N–H and O–H groups in total. The monoisotopic (exact) mass is 789 g/mol. The maximum atomic E-state index is 13.4. The molecule has 3 rings (SSSR count). The molecule has 0 unspecified atom stereocenters. The summed E-state index contributed by atoms with van der Waals surface area (Å²) in [7, 11) is 0. The van der Waals surface area contributed by atoms with Crippen LogP contribution >= 0.6 is 0 Å². The topological polar surface area (TPSA) is 204 Å². The Morgan fingerprint density at radius 1 is 0.596 bits per heavy atom. The van der Waals surface area contributed by atoms with E-state index in [9.17, 15) is 34.2 Å². The second-order valence-electron chi connectivity index (χ2n) is 14.8. The van der Waals surface area contributed by atoms with Crippen molar-refractivity contribution in [2.75, 3.05) is 6.61 Å². The molecule has 14 heteroatoms. The molecule has 57 heavy (non-hydrogen) atoms. The molecule has 0 bridgehead atoms. The standard InChI is InChI=1S/C43H59N5O9/c1-27(2)36(24-49)47-42(54)39(28(3)4)48-38(51)22-21-37(50)35(23-31-17-19-34(20-18-31)56-25-32-13-9-7-10-14-32)46-41(53)29(5)44-40(52)30(6)45-43(55)57-26-33-15-11-8-12-16-33/h7-20,27-30,35-37,39,49-50H,21-26H2,1-6H3,(H,44,52)(H,45,55)(H,46,53)(H,47,54)(H,48,51)/t29-,30-,35-,36+,37-,39-/m0/s1. The van der Waals surface area contributed by atoms with Crippen LogP contribution in [0.1, 0.15) is 71.1 Å². The number of carbonyl (C=O) groups excluding carboxylic acids is 5. The number of aliphatic hydroxyl groups excluding tert-OH is 2. The Kier molecular flexibility index (Phi) is 19.0. The number of hydrogen-bond donors (Lipinski definition) is 7. The first kappa shape index (κ1) is 45.9. The van der Waals surface area contributed by atoms with E-state index in [2.05, 4.69) is 26.6 Å². The minimum absolute atomic E-state index is 0.0195. The van der Waals surface area contributed by atoms with Gasteiger partial charge in [-0.25, -0.2) is 4.79 Å². The normalized spacial score (nSPS) is 14.3. The Bertz CT molecular complexity index is 1710. The quantitative estimate of drug-likeness (QED) is 0.0795. The third-order valence-corrected chi connectivity index (χ3v) is 9.37. The molecule has 0 aliphatic rings. The van der Waals surface area contributed by atoms with E-state index in [4.69, 9.17) is 9.47 Å². The fourth-order valence-corrected chi connectivity index (χ4v) is 5.67. The van der Waals surface area contributed by atoms with Gasteiger partial charge in [0.25, 0.3) is 0 Å². The summed E-state index contributed by atoms with van der Waals surface area (Å²) in [5.41, 5.74) is 2.55. The molecule has 0 aliphatic heterocycles. The number of benzene rings is 3. The highest BCUT2D eigenvalue weighted by molar-refractivity contribution is 5.91. The van der Waals surface area contributed by atoms with E-state index in [0.29, 0.717) is 12.4 Å². The zero-order valence-corrected chi connectivity index (χ0v) is 33.7. The van der Waals surface area contributed by atoms with E-state index in [1.807, 2.05) is 74.5 Å². The van der Waals surface area contributed by atoms with Crippen LogP contribution in [0, 0.1) is 11.8 Å². The molecule has 0 radical (unpaired) electrons. The van der Waals surface area contributed by atoms with Crippen LogP contribution in [0.15, 0.2) is 84.9 Å². The second kappa shape index (κ2) is 23.6.